The van der Waals surface area contributed by atoms with E-state index < -0.39 is 11.6 Å². The molecule has 2 unspecified atom stereocenters. The molecule has 0 aliphatic carbocycles. The van der Waals surface area contributed by atoms with Gasteiger partial charge in [0.1, 0.15) is 42.4 Å². The second kappa shape index (κ2) is 7.23. The molecule has 0 amide bonds. The zero-order valence-electron chi connectivity index (χ0n) is 17.3. The molecule has 1 aromatic rings. The summed E-state index contributed by atoms with van der Waals surface area (Å²) < 4.78 is 41.8. The molecule has 4 rings (SSSR count). The number of methoxy groups -OCH3 is 2. The fraction of sp³-hybridized carbons (Fsp3) is 0.714. The van der Waals surface area contributed by atoms with Crippen molar-refractivity contribution in [2.75, 3.05) is 20.8 Å². The molecule has 0 bridgehead atoms. The third-order valence-corrected chi connectivity index (χ3v) is 5.52. The Morgan fingerprint density at radius 1 is 0.893 bits per heavy atom. The Balaban J connectivity index is 1.60. The van der Waals surface area contributed by atoms with Gasteiger partial charge in [0.2, 0.25) is 0 Å². The summed E-state index contributed by atoms with van der Waals surface area (Å²) in [7, 11) is 3.33. The Kier molecular flexibility index (Phi) is 5.18. The van der Waals surface area contributed by atoms with Crippen LogP contribution in [0.15, 0.2) is 24.3 Å². The molecule has 1 aromatic carbocycles. The molecule has 3 saturated heterocycles. The average molecular weight is 394 g/mol. The van der Waals surface area contributed by atoms with Crippen molar-refractivity contribution in [2.45, 2.75) is 75.9 Å². The van der Waals surface area contributed by atoms with Gasteiger partial charge in [0.15, 0.2) is 11.6 Å². The first kappa shape index (κ1) is 20.1. The number of fused-ring (bicyclic) bond motifs is 1. The molecule has 3 aliphatic heterocycles. The fourth-order valence-electron chi connectivity index (χ4n) is 4.34. The molecule has 7 heteroatoms. The molecule has 3 aliphatic rings. The molecule has 3 heterocycles. The topological polar surface area (TPSA) is 64.6 Å². The monoisotopic (exact) mass is 394 g/mol. The maximum absolute atomic E-state index is 6.45. The number of hydrogen-bond donors (Lipinski definition) is 0. The van der Waals surface area contributed by atoms with Crippen molar-refractivity contribution in [1.29, 1.82) is 0 Å². The maximum atomic E-state index is 6.45. The van der Waals surface area contributed by atoms with Gasteiger partial charge in [-0.05, 0) is 45.4 Å². The Labute approximate surface area is 166 Å². The predicted molar refractivity (Wildman–Crippen MR) is 100 cm³/mol. The molecule has 28 heavy (non-hydrogen) atoms. The van der Waals surface area contributed by atoms with Crippen molar-refractivity contribution in [1.82, 2.24) is 0 Å². The highest BCUT2D eigenvalue weighted by molar-refractivity contribution is 5.29. The Morgan fingerprint density at radius 3 is 2.14 bits per heavy atom. The van der Waals surface area contributed by atoms with E-state index in [1.165, 1.54) is 0 Å². The lowest BCUT2D eigenvalue weighted by molar-refractivity contribution is -0.217. The van der Waals surface area contributed by atoms with Gasteiger partial charge in [-0.1, -0.05) is 12.1 Å². The van der Waals surface area contributed by atoms with Gasteiger partial charge in [-0.2, -0.15) is 0 Å². The van der Waals surface area contributed by atoms with Crippen molar-refractivity contribution in [2.24, 2.45) is 0 Å². The van der Waals surface area contributed by atoms with Crippen LogP contribution in [0.5, 0.6) is 5.75 Å². The normalized spacial score (nSPS) is 37.0. The molecule has 7 nitrogen and oxygen atoms in total. The summed E-state index contributed by atoms with van der Waals surface area (Å²) >= 11 is 0. The van der Waals surface area contributed by atoms with E-state index >= 15 is 0 Å². The van der Waals surface area contributed by atoms with Crippen LogP contribution in [0.2, 0.25) is 0 Å². The summed E-state index contributed by atoms with van der Waals surface area (Å²) in [6, 6.07) is 7.80. The molecule has 3 fully saturated rings. The average Bonchev–Trinajstić information content (AvgIpc) is 3.27. The van der Waals surface area contributed by atoms with E-state index in [-0.39, 0.29) is 36.6 Å². The van der Waals surface area contributed by atoms with Gasteiger partial charge in [0, 0.05) is 7.11 Å². The lowest BCUT2D eigenvalue weighted by Crippen LogP contribution is -2.40. The Morgan fingerprint density at radius 2 is 1.57 bits per heavy atom. The highest BCUT2D eigenvalue weighted by Crippen LogP contribution is 2.46. The van der Waals surface area contributed by atoms with Crippen LogP contribution in [-0.2, 0) is 28.4 Å². The third kappa shape index (κ3) is 3.67. The summed E-state index contributed by atoms with van der Waals surface area (Å²) in [5.41, 5.74) is 0.991. The molecule has 156 valence electrons. The van der Waals surface area contributed by atoms with E-state index in [2.05, 4.69) is 0 Å². The van der Waals surface area contributed by atoms with E-state index in [4.69, 9.17) is 33.2 Å². The number of rotatable bonds is 5. The maximum Gasteiger partial charge on any atom is 0.164 e. The van der Waals surface area contributed by atoms with Gasteiger partial charge >= 0.3 is 0 Å². The summed E-state index contributed by atoms with van der Waals surface area (Å²) in [6.07, 6.45) is -1.68. The largest absolute Gasteiger partial charge is 0.497 e. The highest BCUT2D eigenvalue weighted by Gasteiger charge is 2.60. The first-order chi connectivity index (χ1) is 13.2. The van der Waals surface area contributed by atoms with Gasteiger partial charge < -0.3 is 33.2 Å². The van der Waals surface area contributed by atoms with Gasteiger partial charge in [-0.25, -0.2) is 0 Å². The Bertz CT molecular complexity index is 686. The molecular weight excluding hydrogens is 364 g/mol. The minimum atomic E-state index is -0.692. The smallest absolute Gasteiger partial charge is 0.164 e. The first-order valence-electron chi connectivity index (χ1n) is 9.72. The summed E-state index contributed by atoms with van der Waals surface area (Å²) in [5.74, 6) is -0.530. The molecule has 0 radical (unpaired) electrons. The van der Waals surface area contributed by atoms with Gasteiger partial charge in [0.25, 0.3) is 0 Å². The zero-order valence-corrected chi connectivity index (χ0v) is 17.3. The summed E-state index contributed by atoms with van der Waals surface area (Å²) in [6.45, 7) is 8.11. The first-order valence-corrected chi connectivity index (χ1v) is 9.72. The van der Waals surface area contributed by atoms with Crippen LogP contribution in [0, 0.1) is 0 Å². The number of ether oxygens (including phenoxy) is 7. The molecule has 0 aromatic heterocycles. The number of benzene rings is 1. The van der Waals surface area contributed by atoms with Crippen LogP contribution >= 0.6 is 0 Å². The zero-order chi connectivity index (χ0) is 20.1. The van der Waals surface area contributed by atoms with Crippen molar-refractivity contribution < 1.29 is 33.2 Å². The lowest BCUT2D eigenvalue weighted by atomic mass is 9.97. The fourth-order valence-corrected chi connectivity index (χ4v) is 4.34. The third-order valence-electron chi connectivity index (χ3n) is 5.52. The van der Waals surface area contributed by atoms with Gasteiger partial charge in [0.05, 0.1) is 13.7 Å². The highest BCUT2D eigenvalue weighted by atomic mass is 16.8. The van der Waals surface area contributed by atoms with Crippen molar-refractivity contribution in [3.8, 4) is 5.75 Å². The van der Waals surface area contributed by atoms with Gasteiger partial charge in [-0.3, -0.25) is 0 Å². The summed E-state index contributed by atoms with van der Waals surface area (Å²) in [5, 5.41) is 0. The van der Waals surface area contributed by atoms with Crippen molar-refractivity contribution in [3.63, 3.8) is 0 Å². The predicted octanol–water partition coefficient (Wildman–Crippen LogP) is 2.82. The van der Waals surface area contributed by atoms with E-state index in [0.29, 0.717) is 6.61 Å². The minimum absolute atomic E-state index is 0.224. The van der Waals surface area contributed by atoms with Crippen LogP contribution in [-0.4, -0.2) is 62.9 Å². The SMILES string of the molecule is COc1ccc(C(OC)C2O[C@H]([C@H]3COC(C)(C)O3)[C@@H]3OC(C)(C)O[C@H]23)cc1. The summed E-state index contributed by atoms with van der Waals surface area (Å²) in [4.78, 5) is 0. The standard InChI is InChI=1S/C21H30O7/c1-20(2)24-11-14(26-20)16-18-19(28-21(3,4)27-18)17(25-16)15(23-6)12-7-9-13(22-5)10-8-12/h7-10,14-19H,11H2,1-6H3/t14-,15?,16-,17?,18+,19-/m1/s1. The van der Waals surface area contributed by atoms with E-state index in [0.717, 1.165) is 11.3 Å². The van der Waals surface area contributed by atoms with Crippen LogP contribution in [0.25, 0.3) is 0 Å². The molecule has 0 spiro atoms. The van der Waals surface area contributed by atoms with Crippen molar-refractivity contribution in [3.05, 3.63) is 29.8 Å². The number of hydrogen-bond acceptors (Lipinski definition) is 7. The quantitative estimate of drug-likeness (QED) is 0.761. The molecule has 0 saturated carbocycles. The van der Waals surface area contributed by atoms with E-state index in [9.17, 15) is 0 Å². The molecule has 6 atom stereocenters. The molecule has 0 N–H and O–H groups in total. The van der Waals surface area contributed by atoms with Crippen LogP contribution < -0.4 is 4.74 Å². The lowest BCUT2D eigenvalue weighted by Gasteiger charge is -2.30. The van der Waals surface area contributed by atoms with Crippen molar-refractivity contribution >= 4 is 0 Å². The minimum Gasteiger partial charge on any atom is -0.497 e. The second-order valence-electron chi connectivity index (χ2n) is 8.43. The molecular formula is C21H30O7. The second-order valence-corrected chi connectivity index (χ2v) is 8.43. The van der Waals surface area contributed by atoms with E-state index in [1.807, 2.05) is 52.0 Å². The van der Waals surface area contributed by atoms with Crippen LogP contribution in [0.4, 0.5) is 0 Å². The van der Waals surface area contributed by atoms with Gasteiger partial charge in [-0.15, -0.1) is 0 Å². The Hall–Kier alpha value is -1.22. The van der Waals surface area contributed by atoms with E-state index in [1.54, 1.807) is 14.2 Å². The van der Waals surface area contributed by atoms with Crippen LogP contribution in [0.1, 0.15) is 39.4 Å². The van der Waals surface area contributed by atoms with Crippen LogP contribution in [0.3, 0.4) is 0 Å².